The van der Waals surface area contributed by atoms with E-state index in [0.717, 1.165) is 22.2 Å². The lowest BCUT2D eigenvalue weighted by Gasteiger charge is -2.07. The van der Waals surface area contributed by atoms with Crippen LogP contribution in [0.5, 0.6) is 0 Å². The summed E-state index contributed by atoms with van der Waals surface area (Å²) < 4.78 is 5.71. The summed E-state index contributed by atoms with van der Waals surface area (Å²) in [5.74, 6) is -2.51. The summed E-state index contributed by atoms with van der Waals surface area (Å²) in [6.45, 7) is 2.72. The molecule has 154 valence electrons. The number of carboxylic acids is 2. The number of allylic oxidation sites excluding steroid dienone is 2. The fraction of sp³-hybridized carbons (Fsp3) is 0.136. The van der Waals surface area contributed by atoms with E-state index < -0.39 is 11.9 Å². The number of hydrogen-bond donors (Lipinski definition) is 4. The van der Waals surface area contributed by atoms with Gasteiger partial charge in [-0.3, -0.25) is 4.79 Å². The maximum Gasteiger partial charge on any atom is 0.328 e. The zero-order chi connectivity index (χ0) is 21.7. The third kappa shape index (κ3) is 4.67. The van der Waals surface area contributed by atoms with Crippen molar-refractivity contribution >= 4 is 33.7 Å². The van der Waals surface area contributed by atoms with Gasteiger partial charge in [0.1, 0.15) is 5.58 Å². The summed E-state index contributed by atoms with van der Waals surface area (Å²) in [5.41, 5.74) is 3.49. The molecule has 1 aliphatic rings. The van der Waals surface area contributed by atoms with Crippen LogP contribution in [0.15, 0.2) is 75.4 Å². The molecule has 0 atom stereocenters. The van der Waals surface area contributed by atoms with Gasteiger partial charge in [-0.15, -0.1) is 0 Å². The minimum atomic E-state index is -1.26. The standard InChI is InChI=1S/C18H16N2O2.C4H4O4/c1-11-15(20-10-19-11)8-13-9-22-16-7-6-12-4-2-3-5-14(12)17(16)18(13)21;5-3(6)1-2-4(7)8/h2-7,9,19-20H,8,10H2,1H3;1-2H,(H,5,6)(H,7,8)/b;2-1-. The molecule has 0 saturated carbocycles. The first-order valence-corrected chi connectivity index (χ1v) is 9.10. The molecular formula is C22H20N2O6. The molecule has 3 aromatic rings. The first-order valence-electron chi connectivity index (χ1n) is 9.10. The molecule has 0 unspecified atom stereocenters. The first-order chi connectivity index (χ1) is 14.4. The van der Waals surface area contributed by atoms with Crippen LogP contribution < -0.4 is 16.1 Å². The van der Waals surface area contributed by atoms with Gasteiger partial charge in [0.25, 0.3) is 0 Å². The monoisotopic (exact) mass is 408 g/mol. The molecule has 2 aromatic carbocycles. The van der Waals surface area contributed by atoms with Crippen molar-refractivity contribution in [2.24, 2.45) is 0 Å². The van der Waals surface area contributed by atoms with Crippen LogP contribution in [-0.2, 0) is 16.0 Å². The van der Waals surface area contributed by atoms with Gasteiger partial charge in [-0.1, -0.05) is 30.3 Å². The molecule has 4 rings (SSSR count). The predicted octanol–water partition coefficient (Wildman–Crippen LogP) is 2.58. The fourth-order valence-electron chi connectivity index (χ4n) is 3.11. The molecular weight excluding hydrogens is 388 g/mol. The summed E-state index contributed by atoms with van der Waals surface area (Å²) in [5, 5.41) is 24.8. The van der Waals surface area contributed by atoms with Gasteiger partial charge in [0.05, 0.1) is 18.3 Å². The Balaban J connectivity index is 0.000000275. The number of rotatable bonds is 4. The summed E-state index contributed by atoms with van der Waals surface area (Å²) in [7, 11) is 0. The Kier molecular flexibility index (Phi) is 6.17. The number of carboxylic acid groups (broad SMARTS) is 2. The van der Waals surface area contributed by atoms with Gasteiger partial charge >= 0.3 is 11.9 Å². The van der Waals surface area contributed by atoms with Crippen molar-refractivity contribution in [3.8, 4) is 0 Å². The molecule has 1 aliphatic heterocycles. The second-order valence-electron chi connectivity index (χ2n) is 6.57. The van der Waals surface area contributed by atoms with E-state index in [9.17, 15) is 14.4 Å². The predicted molar refractivity (Wildman–Crippen MR) is 112 cm³/mol. The highest BCUT2D eigenvalue weighted by atomic mass is 16.4. The molecule has 0 saturated heterocycles. The highest BCUT2D eigenvalue weighted by Gasteiger charge is 2.15. The molecule has 0 aliphatic carbocycles. The van der Waals surface area contributed by atoms with E-state index >= 15 is 0 Å². The lowest BCUT2D eigenvalue weighted by atomic mass is 10.0. The number of carbonyl (C=O) groups is 2. The topological polar surface area (TPSA) is 129 Å². The molecule has 0 radical (unpaired) electrons. The molecule has 8 heteroatoms. The largest absolute Gasteiger partial charge is 0.478 e. The van der Waals surface area contributed by atoms with Crippen molar-refractivity contribution < 1.29 is 24.2 Å². The van der Waals surface area contributed by atoms with Crippen molar-refractivity contribution in [1.82, 2.24) is 10.6 Å². The normalized spacial score (nSPS) is 13.1. The van der Waals surface area contributed by atoms with Crippen LogP contribution in [0.4, 0.5) is 0 Å². The zero-order valence-electron chi connectivity index (χ0n) is 16.1. The molecule has 2 heterocycles. The third-order valence-electron chi connectivity index (χ3n) is 4.58. The molecule has 0 bridgehead atoms. The number of aliphatic carboxylic acids is 2. The molecule has 30 heavy (non-hydrogen) atoms. The summed E-state index contributed by atoms with van der Waals surface area (Å²) in [6.07, 6.45) is 3.25. The number of fused-ring (bicyclic) bond motifs is 3. The smallest absolute Gasteiger partial charge is 0.328 e. The van der Waals surface area contributed by atoms with Crippen molar-refractivity contribution in [3.05, 3.63) is 82.0 Å². The summed E-state index contributed by atoms with van der Waals surface area (Å²) >= 11 is 0. The van der Waals surface area contributed by atoms with E-state index in [2.05, 4.69) is 10.6 Å². The van der Waals surface area contributed by atoms with Crippen molar-refractivity contribution in [1.29, 1.82) is 0 Å². The van der Waals surface area contributed by atoms with Gasteiger partial charge in [-0.2, -0.15) is 0 Å². The number of nitrogens with one attached hydrogen (secondary N) is 2. The minimum absolute atomic E-state index is 0.0482. The molecule has 0 spiro atoms. The van der Waals surface area contributed by atoms with Gasteiger partial charge in [0.2, 0.25) is 0 Å². The van der Waals surface area contributed by atoms with Gasteiger partial charge in [0.15, 0.2) is 5.43 Å². The van der Waals surface area contributed by atoms with Gasteiger partial charge in [-0.25, -0.2) is 9.59 Å². The van der Waals surface area contributed by atoms with Crippen molar-refractivity contribution in [2.45, 2.75) is 13.3 Å². The molecule has 1 aromatic heterocycles. The van der Waals surface area contributed by atoms with E-state index in [-0.39, 0.29) is 5.43 Å². The van der Waals surface area contributed by atoms with Crippen LogP contribution in [0, 0.1) is 0 Å². The average Bonchev–Trinajstić information content (AvgIpc) is 3.13. The minimum Gasteiger partial charge on any atom is -0.478 e. The van der Waals surface area contributed by atoms with Crippen LogP contribution >= 0.6 is 0 Å². The Hall–Kier alpha value is -4.07. The number of hydrogen-bond acceptors (Lipinski definition) is 6. The molecule has 8 nitrogen and oxygen atoms in total. The Bertz CT molecular complexity index is 1220. The van der Waals surface area contributed by atoms with E-state index in [0.29, 0.717) is 41.8 Å². The second kappa shape index (κ2) is 8.95. The highest BCUT2D eigenvalue weighted by Crippen LogP contribution is 2.23. The fourth-order valence-corrected chi connectivity index (χ4v) is 3.11. The first kappa shape index (κ1) is 20.7. The van der Waals surface area contributed by atoms with Crippen molar-refractivity contribution in [3.63, 3.8) is 0 Å². The molecule has 0 amide bonds. The summed E-state index contributed by atoms with van der Waals surface area (Å²) in [4.78, 5) is 32.0. The Morgan fingerprint density at radius 2 is 1.77 bits per heavy atom. The van der Waals surface area contributed by atoms with Gasteiger partial charge in [-0.05, 0) is 23.8 Å². The van der Waals surface area contributed by atoms with Gasteiger partial charge in [0, 0.05) is 35.5 Å². The quantitative estimate of drug-likeness (QED) is 0.383. The Morgan fingerprint density at radius 1 is 1.07 bits per heavy atom. The maximum atomic E-state index is 12.9. The maximum absolute atomic E-state index is 12.9. The molecule has 4 N–H and O–H groups in total. The van der Waals surface area contributed by atoms with Crippen molar-refractivity contribution in [2.75, 3.05) is 6.67 Å². The average molecular weight is 408 g/mol. The number of benzene rings is 2. The SMILES string of the molecule is CC1=C(Cc2coc3ccc4ccccc4c3c2=O)NCN1.O=C(O)/C=C\C(=O)O. The lowest BCUT2D eigenvalue weighted by molar-refractivity contribution is -0.134. The summed E-state index contributed by atoms with van der Waals surface area (Å²) in [6, 6.07) is 11.7. The van der Waals surface area contributed by atoms with E-state index in [4.69, 9.17) is 14.6 Å². The van der Waals surface area contributed by atoms with Crippen LogP contribution in [0.2, 0.25) is 0 Å². The highest BCUT2D eigenvalue weighted by molar-refractivity contribution is 6.05. The van der Waals surface area contributed by atoms with Crippen LogP contribution in [0.25, 0.3) is 21.7 Å². The van der Waals surface area contributed by atoms with Crippen LogP contribution in [0.3, 0.4) is 0 Å². The Labute approximate surface area is 171 Å². The second-order valence-corrected chi connectivity index (χ2v) is 6.57. The van der Waals surface area contributed by atoms with Crippen LogP contribution in [-0.4, -0.2) is 28.8 Å². The third-order valence-corrected chi connectivity index (χ3v) is 4.58. The Morgan fingerprint density at radius 3 is 2.40 bits per heavy atom. The lowest BCUT2D eigenvalue weighted by Crippen LogP contribution is -2.17. The van der Waals surface area contributed by atoms with Gasteiger partial charge < -0.3 is 25.3 Å². The van der Waals surface area contributed by atoms with E-state index in [1.54, 1.807) is 6.26 Å². The zero-order valence-corrected chi connectivity index (χ0v) is 16.1. The van der Waals surface area contributed by atoms with E-state index in [1.807, 2.05) is 43.3 Å². The molecule has 0 fully saturated rings. The van der Waals surface area contributed by atoms with E-state index in [1.165, 1.54) is 0 Å². The van der Waals surface area contributed by atoms with Crippen LogP contribution in [0.1, 0.15) is 12.5 Å².